The van der Waals surface area contributed by atoms with Gasteiger partial charge in [-0.1, -0.05) is 28.1 Å². The van der Waals surface area contributed by atoms with Crippen molar-refractivity contribution in [3.63, 3.8) is 0 Å². The Labute approximate surface area is 125 Å². The Balaban J connectivity index is 2.04. The molecule has 5 heteroatoms. The first-order valence-electron chi connectivity index (χ1n) is 6.32. The summed E-state index contributed by atoms with van der Waals surface area (Å²) >= 11 is 3.44. The lowest BCUT2D eigenvalue weighted by atomic mass is 10.3. The highest BCUT2D eigenvalue weighted by atomic mass is 79.9. The van der Waals surface area contributed by atoms with Gasteiger partial charge in [0.1, 0.15) is 17.1 Å². The van der Waals surface area contributed by atoms with E-state index >= 15 is 0 Å². The van der Waals surface area contributed by atoms with Crippen molar-refractivity contribution in [2.75, 3.05) is 7.05 Å². The van der Waals surface area contributed by atoms with E-state index in [1.54, 1.807) is 0 Å². The fourth-order valence-corrected chi connectivity index (χ4v) is 2.46. The van der Waals surface area contributed by atoms with Crippen molar-refractivity contribution in [2.45, 2.75) is 6.54 Å². The monoisotopic (exact) mass is 331 g/mol. The molecule has 0 fully saturated rings. The third-order valence-corrected chi connectivity index (χ3v) is 3.44. The van der Waals surface area contributed by atoms with Crippen LogP contribution in [0, 0.1) is 0 Å². The zero-order valence-electron chi connectivity index (χ0n) is 11.0. The Morgan fingerprint density at radius 3 is 2.95 bits per heavy atom. The summed E-state index contributed by atoms with van der Waals surface area (Å²) in [5.74, 6) is 1.39. The van der Waals surface area contributed by atoms with Gasteiger partial charge in [-0.25, -0.2) is 0 Å². The number of nitrogens with one attached hydrogen (secondary N) is 1. The van der Waals surface area contributed by atoms with Gasteiger partial charge in [0.2, 0.25) is 5.88 Å². The Morgan fingerprint density at radius 1 is 1.25 bits per heavy atom. The van der Waals surface area contributed by atoms with Crippen molar-refractivity contribution in [2.24, 2.45) is 0 Å². The molecule has 0 saturated heterocycles. The maximum Gasteiger partial charge on any atom is 0.242 e. The first-order chi connectivity index (χ1) is 9.78. The van der Waals surface area contributed by atoms with Crippen LogP contribution in [0.3, 0.4) is 0 Å². The van der Waals surface area contributed by atoms with Gasteiger partial charge in [-0.15, -0.1) is 0 Å². The van der Waals surface area contributed by atoms with E-state index in [0.29, 0.717) is 12.4 Å². The van der Waals surface area contributed by atoms with E-state index in [4.69, 9.17) is 4.74 Å². The van der Waals surface area contributed by atoms with Crippen LogP contribution < -0.4 is 10.1 Å². The fraction of sp³-hybridized carbons (Fsp3) is 0.133. The minimum atomic E-state index is 0.628. The lowest BCUT2D eigenvalue weighted by Gasteiger charge is -2.06. The van der Waals surface area contributed by atoms with Crippen LogP contribution in [0.1, 0.15) is 5.69 Å². The second kappa shape index (κ2) is 5.64. The molecule has 0 unspecified atom stereocenters. The SMILES string of the molecule is CNCc1c(Oc2cccc(Br)c2)nc2ccccn12. The molecule has 2 heterocycles. The third kappa shape index (κ3) is 2.55. The molecule has 0 atom stereocenters. The Bertz CT molecular complexity index is 739. The number of halogens is 1. The number of ether oxygens (including phenoxy) is 1. The van der Waals surface area contributed by atoms with Crippen LogP contribution in [0.5, 0.6) is 11.6 Å². The second-order valence-electron chi connectivity index (χ2n) is 4.38. The summed E-state index contributed by atoms with van der Waals surface area (Å²) in [6.45, 7) is 0.689. The van der Waals surface area contributed by atoms with Gasteiger partial charge in [-0.3, -0.25) is 4.40 Å². The van der Waals surface area contributed by atoms with Crippen molar-refractivity contribution in [3.05, 3.63) is 58.8 Å². The number of aromatic nitrogens is 2. The van der Waals surface area contributed by atoms with Crippen molar-refractivity contribution in [1.82, 2.24) is 14.7 Å². The maximum absolute atomic E-state index is 5.93. The number of imidazole rings is 1. The van der Waals surface area contributed by atoms with Crippen LogP contribution in [0.25, 0.3) is 5.65 Å². The van der Waals surface area contributed by atoms with E-state index in [2.05, 4.69) is 26.2 Å². The molecule has 0 saturated carbocycles. The molecule has 20 heavy (non-hydrogen) atoms. The lowest BCUT2D eigenvalue weighted by Crippen LogP contribution is -2.08. The maximum atomic E-state index is 5.93. The summed E-state index contributed by atoms with van der Waals surface area (Å²) in [4.78, 5) is 4.54. The van der Waals surface area contributed by atoms with Crippen molar-refractivity contribution in [1.29, 1.82) is 0 Å². The number of nitrogens with zero attached hydrogens (tertiary/aromatic N) is 2. The molecular formula is C15H14BrN3O. The summed E-state index contributed by atoms with van der Waals surface area (Å²) in [6.07, 6.45) is 1.99. The Morgan fingerprint density at radius 2 is 2.15 bits per heavy atom. The number of rotatable bonds is 4. The standard InChI is InChI=1S/C15H14BrN3O/c1-17-10-13-15(18-14-7-2-3-8-19(13)14)20-12-6-4-5-11(16)9-12/h2-9,17H,10H2,1H3. The zero-order chi connectivity index (χ0) is 13.9. The third-order valence-electron chi connectivity index (χ3n) is 2.95. The molecule has 0 amide bonds. The van der Waals surface area contributed by atoms with Crippen LogP contribution in [-0.4, -0.2) is 16.4 Å². The molecule has 1 aromatic carbocycles. The van der Waals surface area contributed by atoms with Crippen LogP contribution in [0.4, 0.5) is 0 Å². The highest BCUT2D eigenvalue weighted by Gasteiger charge is 2.13. The highest BCUT2D eigenvalue weighted by Crippen LogP contribution is 2.27. The van der Waals surface area contributed by atoms with Crippen LogP contribution >= 0.6 is 15.9 Å². The van der Waals surface area contributed by atoms with Gasteiger partial charge in [-0.2, -0.15) is 4.98 Å². The van der Waals surface area contributed by atoms with Gasteiger partial charge < -0.3 is 10.1 Å². The van der Waals surface area contributed by atoms with E-state index < -0.39 is 0 Å². The van der Waals surface area contributed by atoms with Gasteiger partial charge in [0.05, 0.1) is 0 Å². The van der Waals surface area contributed by atoms with Gasteiger partial charge in [0, 0.05) is 17.2 Å². The minimum Gasteiger partial charge on any atom is -0.437 e. The van der Waals surface area contributed by atoms with E-state index in [9.17, 15) is 0 Å². The van der Waals surface area contributed by atoms with Crippen LogP contribution in [0.15, 0.2) is 53.1 Å². The van der Waals surface area contributed by atoms with Gasteiger partial charge in [-0.05, 0) is 37.4 Å². The molecule has 4 nitrogen and oxygen atoms in total. The van der Waals surface area contributed by atoms with E-state index in [1.807, 2.05) is 60.1 Å². The predicted octanol–water partition coefficient (Wildman–Crippen LogP) is 3.61. The van der Waals surface area contributed by atoms with Gasteiger partial charge >= 0.3 is 0 Å². The number of hydrogen-bond acceptors (Lipinski definition) is 3. The molecule has 2 aromatic heterocycles. The quantitative estimate of drug-likeness (QED) is 0.793. The van der Waals surface area contributed by atoms with Crippen molar-refractivity contribution in [3.8, 4) is 11.6 Å². The molecule has 102 valence electrons. The zero-order valence-corrected chi connectivity index (χ0v) is 12.6. The predicted molar refractivity (Wildman–Crippen MR) is 82.2 cm³/mol. The summed E-state index contributed by atoms with van der Waals surface area (Å²) in [6, 6.07) is 13.7. The number of fused-ring (bicyclic) bond motifs is 1. The molecule has 1 N–H and O–H groups in total. The van der Waals surface area contributed by atoms with Gasteiger partial charge in [0.15, 0.2) is 0 Å². The average molecular weight is 332 g/mol. The molecule has 0 aliphatic carbocycles. The Kier molecular flexibility index (Phi) is 3.71. The van der Waals surface area contributed by atoms with Crippen molar-refractivity contribution < 1.29 is 4.74 Å². The topological polar surface area (TPSA) is 38.6 Å². The van der Waals surface area contributed by atoms with Crippen molar-refractivity contribution >= 4 is 21.6 Å². The average Bonchev–Trinajstić information content (AvgIpc) is 2.77. The largest absolute Gasteiger partial charge is 0.437 e. The molecule has 0 aliphatic rings. The minimum absolute atomic E-state index is 0.628. The molecule has 0 bridgehead atoms. The smallest absolute Gasteiger partial charge is 0.242 e. The van der Waals surface area contributed by atoms with Crippen LogP contribution in [-0.2, 0) is 6.54 Å². The lowest BCUT2D eigenvalue weighted by molar-refractivity contribution is 0.457. The second-order valence-corrected chi connectivity index (χ2v) is 5.30. The molecule has 3 rings (SSSR count). The first kappa shape index (κ1) is 13.1. The molecule has 0 aliphatic heterocycles. The first-order valence-corrected chi connectivity index (χ1v) is 7.11. The molecule has 0 radical (unpaired) electrons. The molecule has 3 aromatic rings. The number of benzene rings is 1. The Hall–Kier alpha value is -1.85. The highest BCUT2D eigenvalue weighted by molar-refractivity contribution is 9.10. The van der Waals surface area contributed by atoms with E-state index in [1.165, 1.54) is 0 Å². The van der Waals surface area contributed by atoms with Gasteiger partial charge in [0.25, 0.3) is 0 Å². The molecular weight excluding hydrogens is 318 g/mol. The van der Waals surface area contributed by atoms with Crippen LogP contribution in [0.2, 0.25) is 0 Å². The fourth-order valence-electron chi connectivity index (χ4n) is 2.08. The number of pyridine rings is 1. The summed E-state index contributed by atoms with van der Waals surface area (Å²) in [7, 11) is 1.91. The van der Waals surface area contributed by atoms with E-state index in [-0.39, 0.29) is 0 Å². The summed E-state index contributed by atoms with van der Waals surface area (Å²) < 4.78 is 8.94. The summed E-state index contributed by atoms with van der Waals surface area (Å²) in [5, 5.41) is 3.15. The van der Waals surface area contributed by atoms with E-state index in [0.717, 1.165) is 21.6 Å². The summed E-state index contributed by atoms with van der Waals surface area (Å²) in [5.41, 5.74) is 1.88. The molecule has 0 spiro atoms. The normalized spacial score (nSPS) is 10.9. The number of hydrogen-bond donors (Lipinski definition) is 1.